The summed E-state index contributed by atoms with van der Waals surface area (Å²) in [5.74, 6) is 0. The number of benzene rings is 7. The van der Waals surface area contributed by atoms with Gasteiger partial charge >= 0.3 is 0 Å². The van der Waals surface area contributed by atoms with Crippen molar-refractivity contribution in [3.05, 3.63) is 128 Å². The summed E-state index contributed by atoms with van der Waals surface area (Å²) in [5.41, 5.74) is -2.48. The fraction of sp³-hybridized carbons (Fsp3) is 0.227. The van der Waals surface area contributed by atoms with Crippen LogP contribution in [0.5, 0.6) is 0 Å². The molecular weight excluding hydrogens is 702 g/mol. The zero-order valence-electron chi connectivity index (χ0n) is 29.9. The fourth-order valence-corrected chi connectivity index (χ4v) is 9.84. The number of aromatic nitrogens is 3. The molecule has 10 rings (SSSR count). The first kappa shape index (κ1) is 32.7. The topological polar surface area (TPSA) is 117 Å². The number of nitrogens with zero attached hydrogens (tertiary/aromatic N) is 3. The Morgan fingerprint density at radius 3 is 1.15 bits per heavy atom. The number of hydrogen-bond donors (Lipinski definition) is 0. The normalized spacial score (nSPS) is 12.9. The lowest BCUT2D eigenvalue weighted by Gasteiger charge is -2.23. The van der Waals surface area contributed by atoms with Crippen LogP contribution in [0.25, 0.3) is 91.9 Å². The summed E-state index contributed by atoms with van der Waals surface area (Å²) in [6.07, 6.45) is 2.29. The van der Waals surface area contributed by atoms with E-state index in [1.807, 2.05) is 39.8 Å². The van der Waals surface area contributed by atoms with Gasteiger partial charge in [-0.25, -0.2) is 4.57 Å². The molecule has 0 saturated carbocycles. The maximum Gasteiger partial charge on any atom is 0.266 e. The van der Waals surface area contributed by atoms with Crippen LogP contribution < -0.4 is 33.4 Å². The van der Waals surface area contributed by atoms with Crippen molar-refractivity contribution in [3.63, 3.8) is 0 Å². The summed E-state index contributed by atoms with van der Waals surface area (Å²) in [4.78, 5) is 87.2. The van der Waals surface area contributed by atoms with Gasteiger partial charge in [0.25, 0.3) is 33.4 Å². The molecule has 0 aliphatic carbocycles. The zero-order chi connectivity index (χ0) is 37.6. The highest BCUT2D eigenvalue weighted by Gasteiger charge is 2.31. The second-order valence-electron chi connectivity index (χ2n) is 14.6. The van der Waals surface area contributed by atoms with Gasteiger partial charge in [0.15, 0.2) is 0 Å². The van der Waals surface area contributed by atoms with Crippen LogP contribution in [0.2, 0.25) is 5.02 Å². The Bertz CT molecular complexity index is 3370. The number of rotatable bonds is 7. The molecule has 10 aromatic rings. The minimum absolute atomic E-state index is 0.119. The van der Waals surface area contributed by atoms with Crippen LogP contribution in [0.15, 0.2) is 89.4 Å². The smallest absolute Gasteiger partial charge is 0.266 e. The van der Waals surface area contributed by atoms with Crippen molar-refractivity contribution in [3.8, 4) is 5.69 Å². The molecule has 0 bridgehead atoms. The van der Waals surface area contributed by atoms with Gasteiger partial charge in [-0.2, -0.15) is 0 Å². The fourth-order valence-electron chi connectivity index (χ4n) is 9.72. The predicted molar refractivity (Wildman–Crippen MR) is 220 cm³/mol. The molecule has 0 atom stereocenters. The van der Waals surface area contributed by atoms with E-state index in [4.69, 9.17) is 11.6 Å². The molecule has 0 amide bonds. The Hall–Kier alpha value is -5.93. The zero-order valence-corrected chi connectivity index (χ0v) is 30.7. The minimum Gasteiger partial charge on any atom is -0.271 e. The van der Waals surface area contributed by atoms with Crippen molar-refractivity contribution < 1.29 is 0 Å². The highest BCUT2D eigenvalue weighted by molar-refractivity contribution is 6.48. The van der Waals surface area contributed by atoms with Gasteiger partial charge in [0, 0.05) is 49.4 Å². The molecule has 10 heteroatoms. The van der Waals surface area contributed by atoms with E-state index in [-0.39, 0.29) is 44.7 Å². The molecule has 0 aliphatic rings. The lowest BCUT2D eigenvalue weighted by molar-refractivity contribution is 0.451. The van der Waals surface area contributed by atoms with Crippen LogP contribution in [0.3, 0.4) is 0 Å². The van der Waals surface area contributed by atoms with Crippen LogP contribution >= 0.6 is 11.6 Å². The van der Waals surface area contributed by atoms with E-state index in [1.165, 1.54) is 9.13 Å². The summed E-state index contributed by atoms with van der Waals surface area (Å²) in [5, 5.41) is 7.70. The summed E-state index contributed by atoms with van der Waals surface area (Å²) in [7, 11) is 0. The number of halogens is 1. The molecule has 3 aromatic heterocycles. The van der Waals surface area contributed by atoms with Crippen LogP contribution in [0.4, 0.5) is 0 Å². The average molecular weight is 734 g/mol. The van der Waals surface area contributed by atoms with Gasteiger partial charge in [0.2, 0.25) is 0 Å². The third kappa shape index (κ3) is 3.75. The molecule has 0 radical (unpaired) electrons. The van der Waals surface area contributed by atoms with Crippen molar-refractivity contribution in [1.82, 2.24) is 13.7 Å². The quantitative estimate of drug-likeness (QED) is 0.121. The largest absolute Gasteiger partial charge is 0.271 e. The van der Waals surface area contributed by atoms with Gasteiger partial charge in [-0.05, 0) is 117 Å². The monoisotopic (exact) mass is 733 g/mol. The molecule has 0 aliphatic heterocycles. The van der Waals surface area contributed by atoms with Crippen molar-refractivity contribution in [2.24, 2.45) is 0 Å². The maximum atomic E-state index is 14.8. The SMILES string of the molecule is CCC(CC)n1c(=O)c2ccc3c4ccc5c(=O)n(C(CC)CC)c(=O)c6cc7c8c(=O)n(-c9ccc(Cl)cc9)c(=O)c8c8cc(c1=O)c2c3c8c7c4c56. The number of fused-ring (bicyclic) bond motifs is 4. The van der Waals surface area contributed by atoms with E-state index in [1.54, 1.807) is 48.5 Å². The molecule has 0 fully saturated rings. The highest BCUT2D eigenvalue weighted by atomic mass is 35.5. The van der Waals surface area contributed by atoms with E-state index in [2.05, 4.69) is 0 Å². The van der Waals surface area contributed by atoms with Crippen LogP contribution in [0.1, 0.15) is 65.5 Å². The predicted octanol–water partition coefficient (Wildman–Crippen LogP) is 8.03. The second kappa shape index (κ2) is 11.1. The molecule has 7 aromatic carbocycles. The van der Waals surface area contributed by atoms with Crippen molar-refractivity contribution in [2.45, 2.75) is 65.5 Å². The molecule has 0 spiro atoms. The standard InChI is InChI=1S/C44H32ClN3O6/c1-5-20(6-2)46-39(49)25-15-13-23-24-14-16-26-32-30(42(52)47(40(26)50)21(7-3)8-4)18-28-36(34(24)32)35-27(17-29(41(46)51)31(25)33(23)35)37-38(28)44(54)48(43(37)53)22-11-9-19(45)10-12-22/h9-18,20-21H,5-8H2,1-4H3. The number of pyridine rings is 2. The molecule has 9 nitrogen and oxygen atoms in total. The lowest BCUT2D eigenvalue weighted by atomic mass is 9.81. The Labute approximate surface area is 309 Å². The molecule has 0 saturated heterocycles. The third-order valence-corrected chi connectivity index (χ3v) is 12.5. The van der Waals surface area contributed by atoms with E-state index in [0.717, 1.165) is 4.57 Å². The summed E-state index contributed by atoms with van der Waals surface area (Å²) < 4.78 is 3.78. The first-order valence-electron chi connectivity index (χ1n) is 18.5. The minimum atomic E-state index is -0.576. The summed E-state index contributed by atoms with van der Waals surface area (Å²) >= 11 is 6.20. The maximum absolute atomic E-state index is 14.8. The van der Waals surface area contributed by atoms with E-state index >= 15 is 0 Å². The second-order valence-corrected chi connectivity index (χ2v) is 15.0. The Morgan fingerprint density at radius 1 is 0.407 bits per heavy atom. The Kier molecular flexibility index (Phi) is 6.69. The molecule has 0 N–H and O–H groups in total. The van der Waals surface area contributed by atoms with Gasteiger partial charge in [-0.3, -0.25) is 37.9 Å². The van der Waals surface area contributed by atoms with Crippen molar-refractivity contribution >= 4 is 97.8 Å². The van der Waals surface area contributed by atoms with Crippen molar-refractivity contribution in [1.29, 1.82) is 0 Å². The first-order valence-corrected chi connectivity index (χ1v) is 18.9. The van der Waals surface area contributed by atoms with E-state index < -0.39 is 22.2 Å². The first-order chi connectivity index (χ1) is 26.1. The van der Waals surface area contributed by atoms with Gasteiger partial charge < -0.3 is 0 Å². The Morgan fingerprint density at radius 2 is 0.759 bits per heavy atom. The average Bonchev–Trinajstić information content (AvgIpc) is 3.45. The van der Waals surface area contributed by atoms with Crippen molar-refractivity contribution in [2.75, 3.05) is 0 Å². The Balaban J connectivity index is 1.57. The van der Waals surface area contributed by atoms with E-state index in [0.29, 0.717) is 101 Å². The van der Waals surface area contributed by atoms with Crippen LogP contribution in [0, 0.1) is 0 Å². The molecule has 0 unspecified atom stereocenters. The van der Waals surface area contributed by atoms with Crippen LogP contribution in [-0.4, -0.2) is 13.7 Å². The highest BCUT2D eigenvalue weighted by Crippen LogP contribution is 2.50. The van der Waals surface area contributed by atoms with Gasteiger partial charge in [0.05, 0.1) is 16.5 Å². The van der Waals surface area contributed by atoms with E-state index in [9.17, 15) is 28.8 Å². The molecule has 266 valence electrons. The molecule has 3 heterocycles. The van der Waals surface area contributed by atoms with Gasteiger partial charge in [-0.1, -0.05) is 51.4 Å². The third-order valence-electron chi connectivity index (χ3n) is 12.2. The summed E-state index contributed by atoms with van der Waals surface area (Å²) in [6, 6.07) is 16.3. The summed E-state index contributed by atoms with van der Waals surface area (Å²) in [6.45, 7) is 7.76. The van der Waals surface area contributed by atoms with Gasteiger partial charge in [0.1, 0.15) is 0 Å². The lowest BCUT2D eigenvalue weighted by Crippen LogP contribution is -2.36. The molecule has 54 heavy (non-hydrogen) atoms. The van der Waals surface area contributed by atoms with Gasteiger partial charge in [-0.15, -0.1) is 0 Å². The van der Waals surface area contributed by atoms with Crippen LogP contribution in [-0.2, 0) is 0 Å². The molecular formula is C44H32ClN3O6. The number of hydrogen-bond acceptors (Lipinski definition) is 6.